The molecule has 0 aromatic heterocycles. The fraction of sp³-hybridized carbons (Fsp3) is 0.176. The van der Waals surface area contributed by atoms with Crippen LogP contribution in [0.4, 0.5) is 0 Å². The first-order valence-corrected chi connectivity index (χ1v) is 6.53. The van der Waals surface area contributed by atoms with Crippen molar-refractivity contribution in [1.29, 1.82) is 0 Å². The Morgan fingerprint density at radius 2 is 1.35 bits per heavy atom. The van der Waals surface area contributed by atoms with Crippen LogP contribution < -0.4 is 0 Å². The van der Waals surface area contributed by atoms with Crippen molar-refractivity contribution in [3.8, 4) is 0 Å². The van der Waals surface area contributed by atoms with Crippen LogP contribution >= 0.6 is 0 Å². The minimum absolute atomic E-state index is 0.152. The summed E-state index contributed by atoms with van der Waals surface area (Å²) in [5.41, 5.74) is 1.87. The summed E-state index contributed by atoms with van der Waals surface area (Å²) >= 11 is 0. The monoisotopic (exact) mass is 267 g/mol. The first-order chi connectivity index (χ1) is 9.66. The zero-order valence-electron chi connectivity index (χ0n) is 11.5. The predicted molar refractivity (Wildman–Crippen MR) is 78.1 cm³/mol. The van der Waals surface area contributed by atoms with Gasteiger partial charge in [0, 0.05) is 20.0 Å². The van der Waals surface area contributed by atoms with Crippen molar-refractivity contribution >= 4 is 11.7 Å². The molecule has 2 rings (SSSR count). The molecular formula is C17H17NO2. The molecular weight excluding hydrogens is 250 g/mol. The van der Waals surface area contributed by atoms with E-state index in [1.165, 1.54) is 4.90 Å². The molecule has 102 valence electrons. The number of ketones is 1. The van der Waals surface area contributed by atoms with Crippen LogP contribution in [0.3, 0.4) is 0 Å². The topological polar surface area (TPSA) is 37.4 Å². The lowest BCUT2D eigenvalue weighted by atomic mass is 10.1. The van der Waals surface area contributed by atoms with Crippen molar-refractivity contribution in [2.24, 2.45) is 0 Å². The molecule has 0 fully saturated rings. The predicted octanol–water partition coefficient (Wildman–Crippen LogP) is 2.46. The van der Waals surface area contributed by atoms with E-state index in [1.54, 1.807) is 7.05 Å². The average molecular weight is 267 g/mol. The van der Waals surface area contributed by atoms with E-state index in [-0.39, 0.29) is 12.2 Å². The van der Waals surface area contributed by atoms with Gasteiger partial charge in [-0.3, -0.25) is 9.59 Å². The molecule has 0 aliphatic carbocycles. The summed E-state index contributed by atoms with van der Waals surface area (Å²) in [6, 6.07) is 18.9. The number of carbonyl (C=O) groups excluding carboxylic acids is 2. The van der Waals surface area contributed by atoms with Crippen molar-refractivity contribution in [3.63, 3.8) is 0 Å². The molecule has 0 aliphatic heterocycles. The molecule has 1 amide bonds. The normalized spacial score (nSPS) is 10.1. The van der Waals surface area contributed by atoms with E-state index >= 15 is 0 Å². The van der Waals surface area contributed by atoms with Crippen LogP contribution in [0, 0.1) is 0 Å². The molecule has 0 bridgehead atoms. The molecule has 0 radical (unpaired) electrons. The van der Waals surface area contributed by atoms with Gasteiger partial charge >= 0.3 is 0 Å². The molecule has 3 heteroatoms. The third-order valence-corrected chi connectivity index (χ3v) is 3.06. The smallest absolute Gasteiger partial charge is 0.290 e. The van der Waals surface area contributed by atoms with E-state index in [4.69, 9.17) is 0 Å². The molecule has 2 aromatic carbocycles. The van der Waals surface area contributed by atoms with Crippen molar-refractivity contribution < 1.29 is 9.59 Å². The molecule has 0 aliphatic rings. The number of nitrogens with zero attached hydrogens (tertiary/aromatic N) is 1. The van der Waals surface area contributed by atoms with E-state index in [0.29, 0.717) is 6.54 Å². The van der Waals surface area contributed by atoms with Gasteiger partial charge in [-0.05, 0) is 11.1 Å². The maximum absolute atomic E-state index is 12.0. The zero-order chi connectivity index (χ0) is 14.4. The Morgan fingerprint density at radius 3 is 1.90 bits per heavy atom. The van der Waals surface area contributed by atoms with Gasteiger partial charge in [0.15, 0.2) is 0 Å². The van der Waals surface area contributed by atoms with Gasteiger partial charge in [-0.2, -0.15) is 0 Å². The van der Waals surface area contributed by atoms with Gasteiger partial charge in [0.25, 0.3) is 5.91 Å². The number of hydrogen-bond acceptors (Lipinski definition) is 2. The summed E-state index contributed by atoms with van der Waals surface area (Å²) in [5.74, 6) is -0.827. The number of rotatable bonds is 5. The summed E-state index contributed by atoms with van der Waals surface area (Å²) in [6.45, 7) is 0.445. The highest BCUT2D eigenvalue weighted by Gasteiger charge is 2.18. The molecule has 3 nitrogen and oxygen atoms in total. The second-order valence-corrected chi connectivity index (χ2v) is 4.73. The van der Waals surface area contributed by atoms with E-state index in [1.807, 2.05) is 60.7 Å². The lowest BCUT2D eigenvalue weighted by molar-refractivity contribution is -0.143. The third-order valence-electron chi connectivity index (χ3n) is 3.06. The van der Waals surface area contributed by atoms with Crippen LogP contribution in [-0.4, -0.2) is 23.6 Å². The first-order valence-electron chi connectivity index (χ1n) is 6.53. The Hall–Kier alpha value is -2.42. The minimum Gasteiger partial charge on any atom is -0.335 e. The highest BCUT2D eigenvalue weighted by atomic mass is 16.2. The maximum Gasteiger partial charge on any atom is 0.290 e. The van der Waals surface area contributed by atoms with E-state index in [0.717, 1.165) is 11.1 Å². The molecule has 0 saturated carbocycles. The van der Waals surface area contributed by atoms with E-state index in [9.17, 15) is 9.59 Å². The Morgan fingerprint density at radius 1 is 0.850 bits per heavy atom. The standard InChI is InChI=1S/C17H17NO2/c1-18(13-15-10-6-3-7-11-15)17(20)16(19)12-14-8-4-2-5-9-14/h2-11H,12-13H2,1H3. The Kier molecular flexibility index (Phi) is 4.66. The molecule has 0 unspecified atom stereocenters. The van der Waals surface area contributed by atoms with Gasteiger partial charge in [-0.1, -0.05) is 60.7 Å². The van der Waals surface area contributed by atoms with Gasteiger partial charge in [0.2, 0.25) is 5.78 Å². The van der Waals surface area contributed by atoms with Gasteiger partial charge in [-0.25, -0.2) is 0 Å². The molecule has 20 heavy (non-hydrogen) atoms. The van der Waals surface area contributed by atoms with E-state index in [2.05, 4.69) is 0 Å². The number of amides is 1. The maximum atomic E-state index is 12.0. The van der Waals surface area contributed by atoms with Crippen LogP contribution in [-0.2, 0) is 22.6 Å². The summed E-state index contributed by atoms with van der Waals surface area (Å²) in [7, 11) is 1.65. The SMILES string of the molecule is CN(Cc1ccccc1)C(=O)C(=O)Cc1ccccc1. The Bertz CT molecular complexity index is 578. The summed E-state index contributed by atoms with van der Waals surface area (Å²) in [6.07, 6.45) is 0.152. The average Bonchev–Trinajstić information content (AvgIpc) is 2.48. The largest absolute Gasteiger partial charge is 0.335 e. The molecule has 0 saturated heterocycles. The molecule has 0 N–H and O–H groups in total. The fourth-order valence-electron chi connectivity index (χ4n) is 2.00. The van der Waals surface area contributed by atoms with Crippen molar-refractivity contribution in [1.82, 2.24) is 4.90 Å². The number of Topliss-reactive ketones (excluding diaryl/α,β-unsaturated/α-hetero) is 1. The molecule has 0 heterocycles. The first kappa shape index (κ1) is 14.0. The van der Waals surface area contributed by atoms with Gasteiger partial charge in [-0.15, -0.1) is 0 Å². The number of benzene rings is 2. The summed E-state index contributed by atoms with van der Waals surface area (Å²) < 4.78 is 0. The van der Waals surface area contributed by atoms with E-state index < -0.39 is 5.91 Å². The molecule has 0 atom stereocenters. The highest BCUT2D eigenvalue weighted by molar-refractivity contribution is 6.36. The Balaban J connectivity index is 1.95. The van der Waals surface area contributed by atoms with Crippen molar-refractivity contribution in [2.45, 2.75) is 13.0 Å². The van der Waals surface area contributed by atoms with Crippen LogP contribution in [0.2, 0.25) is 0 Å². The van der Waals surface area contributed by atoms with Crippen LogP contribution in [0.1, 0.15) is 11.1 Å². The van der Waals surface area contributed by atoms with Gasteiger partial charge in [0.1, 0.15) is 0 Å². The summed E-state index contributed by atoms with van der Waals surface area (Å²) in [5, 5.41) is 0. The Labute approximate surface area is 118 Å². The number of hydrogen-bond donors (Lipinski definition) is 0. The van der Waals surface area contributed by atoms with Crippen LogP contribution in [0.15, 0.2) is 60.7 Å². The van der Waals surface area contributed by atoms with Crippen LogP contribution in [0.5, 0.6) is 0 Å². The number of likely N-dealkylation sites (N-methyl/N-ethyl adjacent to an activating group) is 1. The lowest BCUT2D eigenvalue weighted by Crippen LogP contribution is -2.33. The van der Waals surface area contributed by atoms with Gasteiger partial charge < -0.3 is 4.90 Å². The fourth-order valence-corrected chi connectivity index (χ4v) is 2.00. The summed E-state index contributed by atoms with van der Waals surface area (Å²) in [4.78, 5) is 25.4. The minimum atomic E-state index is -0.447. The van der Waals surface area contributed by atoms with Crippen LogP contribution in [0.25, 0.3) is 0 Å². The molecule has 2 aromatic rings. The lowest BCUT2D eigenvalue weighted by Gasteiger charge is -2.16. The zero-order valence-corrected chi connectivity index (χ0v) is 11.5. The second-order valence-electron chi connectivity index (χ2n) is 4.73. The number of carbonyl (C=O) groups is 2. The second kappa shape index (κ2) is 6.66. The third kappa shape index (κ3) is 3.79. The van der Waals surface area contributed by atoms with Crippen molar-refractivity contribution in [2.75, 3.05) is 7.05 Å². The quantitative estimate of drug-likeness (QED) is 0.780. The van der Waals surface area contributed by atoms with Crippen molar-refractivity contribution in [3.05, 3.63) is 71.8 Å². The molecule has 0 spiro atoms. The highest BCUT2D eigenvalue weighted by Crippen LogP contribution is 2.05. The van der Waals surface area contributed by atoms with Gasteiger partial charge in [0.05, 0.1) is 0 Å².